The Labute approximate surface area is 117 Å². The van der Waals surface area contributed by atoms with Crippen molar-refractivity contribution in [2.24, 2.45) is 0 Å². The van der Waals surface area contributed by atoms with E-state index in [0.717, 1.165) is 6.54 Å². The molecule has 0 atom stereocenters. The van der Waals surface area contributed by atoms with Gasteiger partial charge in [-0.1, -0.05) is 6.07 Å². The first kappa shape index (κ1) is 13.9. The van der Waals surface area contributed by atoms with Crippen LogP contribution in [0.2, 0.25) is 0 Å². The van der Waals surface area contributed by atoms with Gasteiger partial charge in [0.1, 0.15) is 5.75 Å². The molecule has 0 bridgehead atoms. The molecule has 20 heavy (non-hydrogen) atoms. The number of esters is 1. The number of imidazole rings is 1. The maximum atomic E-state index is 11.9. The summed E-state index contributed by atoms with van der Waals surface area (Å²) in [4.78, 5) is 15.9. The number of carbonyl (C=O) groups is 1. The molecule has 1 aromatic carbocycles. The van der Waals surface area contributed by atoms with Crippen molar-refractivity contribution in [3.63, 3.8) is 0 Å². The van der Waals surface area contributed by atoms with E-state index in [1.165, 1.54) is 7.11 Å². The zero-order valence-corrected chi connectivity index (χ0v) is 11.3. The number of para-hydroxylation sites is 1. The van der Waals surface area contributed by atoms with Crippen molar-refractivity contribution in [3.05, 3.63) is 42.5 Å². The minimum Gasteiger partial charge on any atom is -0.495 e. The fourth-order valence-corrected chi connectivity index (χ4v) is 1.81. The van der Waals surface area contributed by atoms with Crippen LogP contribution in [0.3, 0.4) is 0 Å². The highest BCUT2D eigenvalue weighted by Gasteiger charge is 2.13. The molecule has 0 spiro atoms. The Morgan fingerprint density at radius 3 is 3.00 bits per heavy atom. The van der Waals surface area contributed by atoms with Crippen molar-refractivity contribution >= 4 is 11.7 Å². The predicted octanol–water partition coefficient (Wildman–Crippen LogP) is 1.72. The average molecular weight is 275 g/mol. The van der Waals surface area contributed by atoms with E-state index in [1.807, 2.05) is 10.8 Å². The van der Waals surface area contributed by atoms with Crippen molar-refractivity contribution in [1.82, 2.24) is 9.55 Å². The van der Waals surface area contributed by atoms with E-state index in [1.54, 1.807) is 30.7 Å². The zero-order valence-electron chi connectivity index (χ0n) is 11.3. The standard InChI is InChI=1S/C14H17N3O3/c1-19-12-5-2-4-11(13(12)15)14(18)20-9-3-7-17-8-6-16-10-17/h2,4-6,8,10H,3,7,9,15H2,1H3. The number of ether oxygens (including phenoxy) is 2. The molecular weight excluding hydrogens is 258 g/mol. The molecule has 106 valence electrons. The average Bonchev–Trinajstić information content (AvgIpc) is 2.97. The normalized spacial score (nSPS) is 10.2. The van der Waals surface area contributed by atoms with Gasteiger partial charge in [0.25, 0.3) is 0 Å². The van der Waals surface area contributed by atoms with E-state index in [-0.39, 0.29) is 0 Å². The second-order valence-corrected chi connectivity index (χ2v) is 4.21. The molecule has 0 aliphatic heterocycles. The Balaban J connectivity index is 1.86. The molecule has 0 fully saturated rings. The molecule has 0 saturated carbocycles. The Morgan fingerprint density at radius 1 is 1.45 bits per heavy atom. The number of nitrogen functional groups attached to an aromatic ring is 1. The summed E-state index contributed by atoms with van der Waals surface area (Å²) in [7, 11) is 1.51. The summed E-state index contributed by atoms with van der Waals surface area (Å²) in [6.45, 7) is 1.08. The lowest BCUT2D eigenvalue weighted by Gasteiger charge is -2.10. The first-order chi connectivity index (χ1) is 9.72. The number of hydrogen-bond acceptors (Lipinski definition) is 5. The monoisotopic (exact) mass is 275 g/mol. The minimum atomic E-state index is -0.438. The molecule has 0 amide bonds. The number of benzene rings is 1. The largest absolute Gasteiger partial charge is 0.495 e. The maximum absolute atomic E-state index is 11.9. The second-order valence-electron chi connectivity index (χ2n) is 4.21. The van der Waals surface area contributed by atoms with Gasteiger partial charge >= 0.3 is 5.97 Å². The molecule has 6 heteroatoms. The highest BCUT2D eigenvalue weighted by molar-refractivity contribution is 5.96. The van der Waals surface area contributed by atoms with Crippen LogP contribution >= 0.6 is 0 Å². The predicted molar refractivity (Wildman–Crippen MR) is 74.5 cm³/mol. The molecule has 2 rings (SSSR count). The van der Waals surface area contributed by atoms with Gasteiger partial charge in [-0.15, -0.1) is 0 Å². The highest BCUT2D eigenvalue weighted by atomic mass is 16.5. The van der Waals surface area contributed by atoms with E-state index in [2.05, 4.69) is 4.98 Å². The number of methoxy groups -OCH3 is 1. The smallest absolute Gasteiger partial charge is 0.340 e. The number of aryl methyl sites for hydroxylation is 1. The minimum absolute atomic E-state index is 0.301. The van der Waals surface area contributed by atoms with E-state index < -0.39 is 5.97 Å². The van der Waals surface area contributed by atoms with Crippen molar-refractivity contribution in [3.8, 4) is 5.75 Å². The summed E-state index contributed by atoms with van der Waals surface area (Å²) in [6.07, 6.45) is 6.01. The molecule has 0 saturated heterocycles. The lowest BCUT2D eigenvalue weighted by Crippen LogP contribution is -2.11. The van der Waals surface area contributed by atoms with Crippen molar-refractivity contribution in [2.75, 3.05) is 19.5 Å². The van der Waals surface area contributed by atoms with Crippen molar-refractivity contribution < 1.29 is 14.3 Å². The van der Waals surface area contributed by atoms with Gasteiger partial charge in [0, 0.05) is 18.9 Å². The van der Waals surface area contributed by atoms with Crippen LogP contribution in [0.25, 0.3) is 0 Å². The van der Waals surface area contributed by atoms with Crippen molar-refractivity contribution in [1.29, 1.82) is 0 Å². The Kier molecular flexibility index (Phi) is 4.60. The van der Waals surface area contributed by atoms with Crippen LogP contribution in [-0.4, -0.2) is 29.2 Å². The number of hydrogen-bond donors (Lipinski definition) is 1. The fourth-order valence-electron chi connectivity index (χ4n) is 1.81. The molecule has 1 aromatic heterocycles. The maximum Gasteiger partial charge on any atom is 0.340 e. The number of nitrogens with two attached hydrogens (primary N) is 1. The van der Waals surface area contributed by atoms with E-state index in [0.29, 0.717) is 30.0 Å². The number of carbonyl (C=O) groups excluding carboxylic acids is 1. The number of anilines is 1. The summed E-state index contributed by atoms with van der Waals surface area (Å²) in [5.41, 5.74) is 6.46. The molecule has 2 aromatic rings. The molecule has 0 radical (unpaired) electrons. The molecule has 0 aliphatic carbocycles. The SMILES string of the molecule is COc1cccc(C(=O)OCCCn2ccnc2)c1N. The summed E-state index contributed by atoms with van der Waals surface area (Å²) >= 11 is 0. The van der Waals surface area contributed by atoms with Gasteiger partial charge in [0.15, 0.2) is 0 Å². The molecule has 1 heterocycles. The zero-order chi connectivity index (χ0) is 14.4. The van der Waals surface area contributed by atoms with Gasteiger partial charge in [-0.3, -0.25) is 0 Å². The quantitative estimate of drug-likeness (QED) is 0.493. The first-order valence-corrected chi connectivity index (χ1v) is 6.27. The Bertz CT molecular complexity index is 567. The van der Waals surface area contributed by atoms with Crippen LogP contribution in [0.15, 0.2) is 36.9 Å². The lowest BCUT2D eigenvalue weighted by molar-refractivity contribution is 0.0497. The molecular formula is C14H17N3O3. The third-order valence-corrected chi connectivity index (χ3v) is 2.86. The van der Waals surface area contributed by atoms with Crippen LogP contribution in [-0.2, 0) is 11.3 Å². The summed E-state index contributed by atoms with van der Waals surface area (Å²) in [5.74, 6) is 0.0323. The van der Waals surface area contributed by atoms with E-state index in [9.17, 15) is 4.79 Å². The Hall–Kier alpha value is -2.50. The van der Waals surface area contributed by atoms with Crippen LogP contribution in [0.4, 0.5) is 5.69 Å². The van der Waals surface area contributed by atoms with Gasteiger partial charge in [-0.2, -0.15) is 0 Å². The summed E-state index contributed by atoms with van der Waals surface area (Å²) in [5, 5.41) is 0. The fraction of sp³-hybridized carbons (Fsp3) is 0.286. The molecule has 2 N–H and O–H groups in total. The third-order valence-electron chi connectivity index (χ3n) is 2.86. The van der Waals surface area contributed by atoms with Gasteiger partial charge in [0.05, 0.1) is 31.3 Å². The van der Waals surface area contributed by atoms with Crippen LogP contribution in [0.1, 0.15) is 16.8 Å². The van der Waals surface area contributed by atoms with E-state index in [4.69, 9.17) is 15.2 Å². The first-order valence-electron chi connectivity index (χ1n) is 6.27. The van der Waals surface area contributed by atoms with Gasteiger partial charge in [-0.05, 0) is 18.6 Å². The molecule has 0 aliphatic rings. The molecule has 6 nitrogen and oxygen atoms in total. The Morgan fingerprint density at radius 2 is 2.30 bits per heavy atom. The van der Waals surface area contributed by atoms with Crippen LogP contribution in [0, 0.1) is 0 Å². The van der Waals surface area contributed by atoms with Gasteiger partial charge < -0.3 is 19.8 Å². The van der Waals surface area contributed by atoms with Crippen LogP contribution in [0.5, 0.6) is 5.75 Å². The van der Waals surface area contributed by atoms with E-state index >= 15 is 0 Å². The third kappa shape index (κ3) is 3.28. The topological polar surface area (TPSA) is 79.4 Å². The lowest BCUT2D eigenvalue weighted by atomic mass is 10.1. The van der Waals surface area contributed by atoms with Crippen LogP contribution < -0.4 is 10.5 Å². The summed E-state index contributed by atoms with van der Waals surface area (Å²) in [6, 6.07) is 5.03. The van der Waals surface area contributed by atoms with Gasteiger partial charge in [-0.25, -0.2) is 9.78 Å². The van der Waals surface area contributed by atoms with Gasteiger partial charge in [0.2, 0.25) is 0 Å². The second kappa shape index (κ2) is 6.60. The molecule has 0 unspecified atom stereocenters. The number of rotatable bonds is 6. The summed E-state index contributed by atoms with van der Waals surface area (Å²) < 4.78 is 12.2. The number of aromatic nitrogens is 2. The van der Waals surface area contributed by atoms with Crippen molar-refractivity contribution in [2.45, 2.75) is 13.0 Å². The highest BCUT2D eigenvalue weighted by Crippen LogP contribution is 2.25. The number of nitrogens with zero attached hydrogens (tertiary/aromatic N) is 2.